The quantitative estimate of drug-likeness (QED) is 0.671. The Balaban J connectivity index is 1.67. The molecule has 27 heavy (non-hydrogen) atoms. The van der Waals surface area contributed by atoms with Gasteiger partial charge in [0.1, 0.15) is 0 Å². The Labute approximate surface area is 162 Å². The predicted molar refractivity (Wildman–Crippen MR) is 109 cm³/mol. The van der Waals surface area contributed by atoms with Crippen LogP contribution in [0.5, 0.6) is 0 Å². The van der Waals surface area contributed by atoms with Gasteiger partial charge in [0.15, 0.2) is 5.13 Å². The van der Waals surface area contributed by atoms with Crippen molar-refractivity contribution in [2.24, 2.45) is 0 Å². The van der Waals surface area contributed by atoms with E-state index in [0.29, 0.717) is 35.9 Å². The van der Waals surface area contributed by atoms with Crippen molar-refractivity contribution in [3.8, 4) is 0 Å². The molecule has 0 radical (unpaired) electrons. The minimum Gasteiger partial charge on any atom is -0.284 e. The zero-order chi connectivity index (χ0) is 19.0. The lowest BCUT2D eigenvalue weighted by molar-refractivity contribution is 0.0988. The maximum atomic E-state index is 13.1. The lowest BCUT2D eigenvalue weighted by Crippen LogP contribution is -2.31. The number of sulfonamides is 1. The molecule has 0 N–H and O–H groups in total. The molecule has 3 aromatic rings. The van der Waals surface area contributed by atoms with Gasteiger partial charge in [-0.15, -0.1) is 0 Å². The normalized spacial score (nSPS) is 16.0. The number of rotatable bonds is 4. The van der Waals surface area contributed by atoms with Gasteiger partial charge in [-0.1, -0.05) is 29.5 Å². The van der Waals surface area contributed by atoms with Crippen molar-refractivity contribution in [3.63, 3.8) is 0 Å². The van der Waals surface area contributed by atoms with E-state index >= 15 is 0 Å². The Hall–Kier alpha value is -2.45. The molecule has 1 amide bonds. The lowest BCUT2D eigenvalue weighted by Gasteiger charge is -2.20. The van der Waals surface area contributed by atoms with Crippen LogP contribution in [0.4, 0.5) is 10.8 Å². The molecule has 2 heterocycles. The minimum atomic E-state index is -3.28. The summed E-state index contributed by atoms with van der Waals surface area (Å²) >= 11 is 1.47. The molecule has 1 fully saturated rings. The molecule has 4 rings (SSSR count). The van der Waals surface area contributed by atoms with Gasteiger partial charge >= 0.3 is 0 Å². The number of fused-ring (bicyclic) bond motifs is 1. The zero-order valence-electron chi connectivity index (χ0n) is 14.8. The average Bonchev–Trinajstić information content (AvgIpc) is 3.24. The number of carbonyl (C=O) groups excluding carboxylic acids is 1. The first kappa shape index (κ1) is 17.9. The van der Waals surface area contributed by atoms with Crippen LogP contribution in [0.3, 0.4) is 0 Å². The molecule has 1 saturated heterocycles. The number of hydrogen-bond acceptors (Lipinski definition) is 5. The average molecular weight is 402 g/mol. The Kier molecular flexibility index (Phi) is 4.61. The van der Waals surface area contributed by atoms with E-state index in [0.717, 1.165) is 10.2 Å². The smallest absolute Gasteiger partial charge is 0.260 e. The highest BCUT2D eigenvalue weighted by Gasteiger charge is 2.29. The van der Waals surface area contributed by atoms with E-state index in [1.165, 1.54) is 15.6 Å². The molecule has 140 valence electrons. The van der Waals surface area contributed by atoms with Gasteiger partial charge in [0.05, 0.1) is 21.7 Å². The first-order chi connectivity index (χ1) is 13.0. The van der Waals surface area contributed by atoms with Crippen molar-refractivity contribution >= 4 is 48.3 Å². The van der Waals surface area contributed by atoms with E-state index in [9.17, 15) is 13.2 Å². The van der Waals surface area contributed by atoms with Gasteiger partial charge in [-0.3, -0.25) is 14.0 Å². The highest BCUT2D eigenvalue weighted by Crippen LogP contribution is 2.30. The van der Waals surface area contributed by atoms with Gasteiger partial charge in [-0.25, -0.2) is 13.4 Å². The Morgan fingerprint density at radius 1 is 1.22 bits per heavy atom. The summed E-state index contributed by atoms with van der Waals surface area (Å²) in [6.07, 6.45) is 0.604. The van der Waals surface area contributed by atoms with Gasteiger partial charge in [-0.2, -0.15) is 0 Å². The van der Waals surface area contributed by atoms with E-state index in [1.807, 2.05) is 31.2 Å². The van der Waals surface area contributed by atoms with Crippen LogP contribution in [0, 0.1) is 0 Å². The van der Waals surface area contributed by atoms with Gasteiger partial charge in [-0.05, 0) is 43.7 Å². The maximum Gasteiger partial charge on any atom is 0.260 e. The fourth-order valence-electron chi connectivity index (χ4n) is 3.22. The number of carbonyl (C=O) groups is 1. The number of anilines is 2. The molecular weight excluding hydrogens is 382 g/mol. The molecule has 0 bridgehead atoms. The molecule has 2 aromatic carbocycles. The second kappa shape index (κ2) is 6.94. The van der Waals surface area contributed by atoms with Crippen molar-refractivity contribution < 1.29 is 13.2 Å². The molecule has 0 saturated carbocycles. The standard InChI is InChI=1S/C19H19N3O3S2/c1-2-21(19-20-16-9-3-4-10-17(16)26-19)18(23)14-7-5-8-15(13-14)22-11-6-12-27(22,24)25/h3-5,7-10,13H,2,6,11-12H2,1H3. The molecule has 0 atom stereocenters. The van der Waals surface area contributed by atoms with Crippen LogP contribution in [0.25, 0.3) is 10.2 Å². The summed E-state index contributed by atoms with van der Waals surface area (Å²) in [7, 11) is -3.28. The SMILES string of the molecule is CCN(C(=O)c1cccc(N2CCCS2(=O)=O)c1)c1nc2ccccc2s1. The number of benzene rings is 2. The molecule has 1 aliphatic heterocycles. The first-order valence-electron chi connectivity index (χ1n) is 8.77. The molecule has 1 aliphatic rings. The minimum absolute atomic E-state index is 0.151. The fraction of sp³-hybridized carbons (Fsp3) is 0.263. The third kappa shape index (κ3) is 3.30. The molecule has 0 aliphatic carbocycles. The first-order valence-corrected chi connectivity index (χ1v) is 11.2. The van der Waals surface area contributed by atoms with E-state index < -0.39 is 10.0 Å². The summed E-state index contributed by atoms with van der Waals surface area (Å²) in [5.74, 6) is -0.0344. The van der Waals surface area contributed by atoms with Crippen LogP contribution in [0.2, 0.25) is 0 Å². The second-order valence-corrected chi connectivity index (χ2v) is 9.33. The van der Waals surface area contributed by atoms with Crippen molar-refractivity contribution in [2.75, 3.05) is 28.0 Å². The number of nitrogens with zero attached hydrogens (tertiary/aromatic N) is 3. The van der Waals surface area contributed by atoms with E-state index in [1.54, 1.807) is 29.2 Å². The van der Waals surface area contributed by atoms with E-state index in [4.69, 9.17) is 0 Å². The highest BCUT2D eigenvalue weighted by atomic mass is 32.2. The largest absolute Gasteiger partial charge is 0.284 e. The topological polar surface area (TPSA) is 70.6 Å². The molecule has 8 heteroatoms. The van der Waals surface area contributed by atoms with Crippen LogP contribution >= 0.6 is 11.3 Å². The number of thiazole rings is 1. The van der Waals surface area contributed by atoms with Crippen molar-refractivity contribution in [1.29, 1.82) is 0 Å². The number of aromatic nitrogens is 1. The maximum absolute atomic E-state index is 13.1. The summed E-state index contributed by atoms with van der Waals surface area (Å²) < 4.78 is 26.8. The molecule has 0 spiro atoms. The van der Waals surface area contributed by atoms with Gasteiger partial charge < -0.3 is 0 Å². The summed E-state index contributed by atoms with van der Waals surface area (Å²) in [5.41, 5.74) is 1.86. The second-order valence-electron chi connectivity index (χ2n) is 6.31. The fourth-order valence-corrected chi connectivity index (χ4v) is 5.80. The van der Waals surface area contributed by atoms with Crippen LogP contribution in [-0.4, -0.2) is 38.2 Å². The van der Waals surface area contributed by atoms with Crippen LogP contribution in [-0.2, 0) is 10.0 Å². The highest BCUT2D eigenvalue weighted by molar-refractivity contribution is 7.93. The number of para-hydroxylation sites is 1. The van der Waals surface area contributed by atoms with Crippen molar-refractivity contribution in [3.05, 3.63) is 54.1 Å². The van der Waals surface area contributed by atoms with Crippen LogP contribution < -0.4 is 9.21 Å². The summed E-state index contributed by atoms with van der Waals surface area (Å²) in [5, 5.41) is 0.642. The van der Waals surface area contributed by atoms with Gasteiger partial charge in [0.25, 0.3) is 5.91 Å². The number of amides is 1. The summed E-state index contributed by atoms with van der Waals surface area (Å²) in [4.78, 5) is 19.3. The van der Waals surface area contributed by atoms with Crippen molar-refractivity contribution in [2.45, 2.75) is 13.3 Å². The lowest BCUT2D eigenvalue weighted by atomic mass is 10.1. The monoisotopic (exact) mass is 401 g/mol. The van der Waals surface area contributed by atoms with Crippen LogP contribution in [0.1, 0.15) is 23.7 Å². The zero-order valence-corrected chi connectivity index (χ0v) is 16.5. The molecule has 6 nitrogen and oxygen atoms in total. The molecular formula is C19H19N3O3S2. The summed E-state index contributed by atoms with van der Waals surface area (Å²) in [6, 6.07) is 14.6. The number of hydrogen-bond donors (Lipinski definition) is 0. The van der Waals surface area contributed by atoms with Gasteiger partial charge in [0.2, 0.25) is 10.0 Å². The third-order valence-electron chi connectivity index (χ3n) is 4.56. The Morgan fingerprint density at radius 2 is 2.04 bits per heavy atom. The van der Waals surface area contributed by atoms with E-state index in [-0.39, 0.29) is 11.7 Å². The third-order valence-corrected chi connectivity index (χ3v) is 7.48. The Bertz CT molecular complexity index is 1080. The predicted octanol–water partition coefficient (Wildman–Crippen LogP) is 3.50. The van der Waals surface area contributed by atoms with E-state index in [2.05, 4.69) is 4.98 Å². The van der Waals surface area contributed by atoms with Crippen molar-refractivity contribution in [1.82, 2.24) is 4.98 Å². The summed E-state index contributed by atoms with van der Waals surface area (Å²) in [6.45, 7) is 2.83. The van der Waals surface area contributed by atoms with Crippen LogP contribution in [0.15, 0.2) is 48.5 Å². The molecule has 0 unspecified atom stereocenters. The Morgan fingerprint density at radius 3 is 2.74 bits per heavy atom. The molecule has 1 aromatic heterocycles. The van der Waals surface area contributed by atoms with Gasteiger partial charge in [0, 0.05) is 18.7 Å².